The van der Waals surface area contributed by atoms with Gasteiger partial charge in [0.05, 0.1) is 36.6 Å². The van der Waals surface area contributed by atoms with E-state index >= 15 is 0 Å². The second kappa shape index (κ2) is 10.1. The van der Waals surface area contributed by atoms with Crippen molar-refractivity contribution in [3.8, 4) is 17.4 Å². The van der Waals surface area contributed by atoms with Crippen molar-refractivity contribution in [3.63, 3.8) is 0 Å². The molecule has 2 aromatic heterocycles. The molecule has 9 heteroatoms. The van der Waals surface area contributed by atoms with Gasteiger partial charge in [-0.25, -0.2) is 4.98 Å². The van der Waals surface area contributed by atoms with E-state index in [2.05, 4.69) is 15.3 Å². The smallest absolute Gasteiger partial charge is 0.262 e. The van der Waals surface area contributed by atoms with Crippen LogP contribution >= 0.6 is 11.3 Å². The summed E-state index contributed by atoms with van der Waals surface area (Å²) in [6.45, 7) is 7.99. The quantitative estimate of drug-likeness (QED) is 0.506. The van der Waals surface area contributed by atoms with Gasteiger partial charge in [0.15, 0.2) is 17.3 Å². The van der Waals surface area contributed by atoms with Crippen molar-refractivity contribution in [2.45, 2.75) is 46.4 Å². The second-order valence-corrected chi connectivity index (χ2v) is 8.59. The fraction of sp³-hybridized carbons (Fsp3) is 0.435. The largest absolute Gasteiger partial charge is 0.493 e. The molecule has 1 aromatic carbocycles. The van der Waals surface area contributed by atoms with Gasteiger partial charge in [-0.2, -0.15) is 4.98 Å². The molecule has 1 unspecified atom stereocenters. The SMILES string of the molecule is COCc1nc(OC)c2c(C)c(C(=O)NC(C)c3ccc(OC(C)C)c(OC)c3)sc2n1. The summed E-state index contributed by atoms with van der Waals surface area (Å²) in [5.41, 5.74) is 1.69. The predicted octanol–water partition coefficient (Wildman–Crippen LogP) is 4.44. The van der Waals surface area contributed by atoms with Gasteiger partial charge in [-0.05, 0) is 51.0 Å². The van der Waals surface area contributed by atoms with Crippen molar-refractivity contribution in [3.05, 3.63) is 40.0 Å². The van der Waals surface area contributed by atoms with Crippen LogP contribution in [0, 0.1) is 6.92 Å². The Morgan fingerprint density at radius 3 is 2.47 bits per heavy atom. The number of carbonyl (C=O) groups is 1. The lowest BCUT2D eigenvalue weighted by atomic mass is 10.1. The molecule has 3 rings (SSSR count). The molecule has 0 spiro atoms. The Labute approximate surface area is 191 Å². The van der Waals surface area contributed by atoms with Gasteiger partial charge < -0.3 is 24.3 Å². The van der Waals surface area contributed by atoms with E-state index in [1.165, 1.54) is 11.3 Å². The van der Waals surface area contributed by atoms with Crippen LogP contribution in [-0.2, 0) is 11.3 Å². The third kappa shape index (κ3) is 4.94. The zero-order valence-corrected chi connectivity index (χ0v) is 20.3. The maximum absolute atomic E-state index is 13.1. The lowest BCUT2D eigenvalue weighted by molar-refractivity contribution is 0.0943. The molecule has 172 valence electrons. The highest BCUT2D eigenvalue weighted by Gasteiger charge is 2.23. The standard InChI is InChI=1S/C23H29N3O5S/c1-12(2)31-16-9-8-15(10-17(16)29-6)14(4)24-21(27)20-13(3)19-22(30-7)25-18(11-28-5)26-23(19)32-20/h8-10,12,14H,11H2,1-7H3,(H,24,27). The molecule has 0 aliphatic heterocycles. The Bertz CT molecular complexity index is 1110. The van der Waals surface area contributed by atoms with Crippen LogP contribution < -0.4 is 19.5 Å². The summed E-state index contributed by atoms with van der Waals surface area (Å²) in [6, 6.07) is 5.42. The summed E-state index contributed by atoms with van der Waals surface area (Å²) in [7, 11) is 4.73. The van der Waals surface area contributed by atoms with E-state index in [9.17, 15) is 4.79 Å². The summed E-state index contributed by atoms with van der Waals surface area (Å²) in [4.78, 5) is 23.3. The number of hydrogen-bond acceptors (Lipinski definition) is 8. The molecule has 0 aliphatic carbocycles. The molecule has 3 aromatic rings. The summed E-state index contributed by atoms with van der Waals surface area (Å²) >= 11 is 1.31. The molecule has 0 saturated carbocycles. The van der Waals surface area contributed by atoms with Crippen molar-refractivity contribution < 1.29 is 23.7 Å². The van der Waals surface area contributed by atoms with Crippen LogP contribution in [0.3, 0.4) is 0 Å². The number of hydrogen-bond donors (Lipinski definition) is 1. The third-order valence-corrected chi connectivity index (χ3v) is 6.06. The minimum atomic E-state index is -0.244. The maximum Gasteiger partial charge on any atom is 0.262 e. The van der Waals surface area contributed by atoms with E-state index in [0.29, 0.717) is 32.9 Å². The molecule has 1 atom stereocenters. The van der Waals surface area contributed by atoms with E-state index in [1.54, 1.807) is 21.3 Å². The van der Waals surface area contributed by atoms with Gasteiger partial charge in [0.25, 0.3) is 5.91 Å². The van der Waals surface area contributed by atoms with Crippen LogP contribution in [0.1, 0.15) is 53.4 Å². The number of ether oxygens (including phenoxy) is 4. The van der Waals surface area contributed by atoms with Gasteiger partial charge in [-0.1, -0.05) is 6.07 Å². The summed E-state index contributed by atoms with van der Waals surface area (Å²) < 4.78 is 21.8. The first-order valence-electron chi connectivity index (χ1n) is 10.3. The van der Waals surface area contributed by atoms with Crippen molar-refractivity contribution in [2.24, 2.45) is 0 Å². The lowest BCUT2D eigenvalue weighted by Crippen LogP contribution is -2.26. The highest BCUT2D eigenvalue weighted by Crippen LogP contribution is 2.36. The van der Waals surface area contributed by atoms with Crippen molar-refractivity contribution in [2.75, 3.05) is 21.3 Å². The Hall–Kier alpha value is -2.91. The molecule has 0 fully saturated rings. The van der Waals surface area contributed by atoms with Crippen LogP contribution in [0.5, 0.6) is 17.4 Å². The molecular weight excluding hydrogens is 430 g/mol. The average molecular weight is 460 g/mol. The van der Waals surface area contributed by atoms with E-state index in [-0.39, 0.29) is 24.7 Å². The second-order valence-electron chi connectivity index (χ2n) is 7.59. The number of carbonyl (C=O) groups excluding carboxylic acids is 1. The van der Waals surface area contributed by atoms with Crippen molar-refractivity contribution in [1.82, 2.24) is 15.3 Å². The zero-order chi connectivity index (χ0) is 23.4. The molecule has 2 heterocycles. The van der Waals surface area contributed by atoms with Gasteiger partial charge in [0.2, 0.25) is 5.88 Å². The first-order chi connectivity index (χ1) is 15.3. The first-order valence-corrected chi connectivity index (χ1v) is 11.1. The van der Waals surface area contributed by atoms with Crippen LogP contribution in [0.25, 0.3) is 10.2 Å². The molecule has 32 heavy (non-hydrogen) atoms. The minimum absolute atomic E-state index is 0.0345. The Kier molecular flexibility index (Phi) is 7.52. The van der Waals surface area contributed by atoms with Gasteiger partial charge in [0.1, 0.15) is 11.4 Å². The van der Waals surface area contributed by atoms with Gasteiger partial charge in [0, 0.05) is 7.11 Å². The number of benzene rings is 1. The summed E-state index contributed by atoms with van der Waals surface area (Å²) in [6.07, 6.45) is 0.0345. The molecule has 0 aliphatic rings. The third-order valence-electron chi connectivity index (χ3n) is 4.87. The normalized spacial score (nSPS) is 12.1. The van der Waals surface area contributed by atoms with E-state index < -0.39 is 0 Å². The molecular formula is C23H29N3O5S. The highest BCUT2D eigenvalue weighted by molar-refractivity contribution is 7.20. The number of methoxy groups -OCH3 is 3. The summed E-state index contributed by atoms with van der Waals surface area (Å²) in [5, 5.41) is 3.81. The minimum Gasteiger partial charge on any atom is -0.493 e. The molecule has 1 amide bonds. The van der Waals surface area contributed by atoms with Crippen LogP contribution in [-0.4, -0.2) is 43.3 Å². The highest BCUT2D eigenvalue weighted by atomic mass is 32.1. The Balaban J connectivity index is 1.87. The number of nitrogens with zero attached hydrogens (tertiary/aromatic N) is 2. The fourth-order valence-electron chi connectivity index (χ4n) is 3.35. The number of amides is 1. The van der Waals surface area contributed by atoms with Gasteiger partial charge in [-0.15, -0.1) is 11.3 Å². The molecule has 0 saturated heterocycles. The predicted molar refractivity (Wildman–Crippen MR) is 124 cm³/mol. The van der Waals surface area contributed by atoms with Crippen LogP contribution in [0.2, 0.25) is 0 Å². The monoisotopic (exact) mass is 459 g/mol. The Morgan fingerprint density at radius 2 is 1.84 bits per heavy atom. The number of fused-ring (bicyclic) bond motifs is 1. The van der Waals surface area contributed by atoms with Crippen LogP contribution in [0.15, 0.2) is 18.2 Å². The maximum atomic E-state index is 13.1. The van der Waals surface area contributed by atoms with Gasteiger partial charge in [-0.3, -0.25) is 4.79 Å². The number of thiophene rings is 1. The molecule has 1 N–H and O–H groups in total. The molecule has 0 bridgehead atoms. The lowest BCUT2D eigenvalue weighted by Gasteiger charge is -2.18. The Morgan fingerprint density at radius 1 is 1.09 bits per heavy atom. The fourth-order valence-corrected chi connectivity index (χ4v) is 4.45. The topological polar surface area (TPSA) is 91.8 Å². The number of nitrogens with one attached hydrogen (secondary N) is 1. The van der Waals surface area contributed by atoms with E-state index in [1.807, 2.05) is 45.9 Å². The number of rotatable bonds is 9. The molecule has 8 nitrogen and oxygen atoms in total. The van der Waals surface area contributed by atoms with E-state index in [0.717, 1.165) is 16.5 Å². The number of aromatic nitrogens is 2. The van der Waals surface area contributed by atoms with E-state index in [4.69, 9.17) is 18.9 Å². The number of aryl methyl sites for hydroxylation is 1. The molecule has 0 radical (unpaired) electrons. The van der Waals surface area contributed by atoms with Gasteiger partial charge >= 0.3 is 0 Å². The summed E-state index contributed by atoms with van der Waals surface area (Å²) in [5.74, 6) is 2.06. The van der Waals surface area contributed by atoms with Crippen molar-refractivity contribution >= 4 is 27.5 Å². The van der Waals surface area contributed by atoms with Crippen molar-refractivity contribution in [1.29, 1.82) is 0 Å². The first kappa shape index (κ1) is 23.7. The average Bonchev–Trinajstić information content (AvgIpc) is 3.09. The zero-order valence-electron chi connectivity index (χ0n) is 19.4. The van der Waals surface area contributed by atoms with Crippen LogP contribution in [0.4, 0.5) is 0 Å².